The van der Waals surface area contributed by atoms with Crippen molar-refractivity contribution in [3.05, 3.63) is 0 Å². The van der Waals surface area contributed by atoms with Crippen LogP contribution in [-0.4, -0.2) is 42.7 Å². The Kier molecular flexibility index (Phi) is 2.81. The van der Waals surface area contributed by atoms with Gasteiger partial charge in [0.05, 0.1) is 18.2 Å². The average molecular weight is 185 g/mol. The van der Waals surface area contributed by atoms with Gasteiger partial charge in [-0.25, -0.2) is 0 Å². The lowest BCUT2D eigenvalue weighted by atomic mass is 9.98. The van der Waals surface area contributed by atoms with Crippen LogP contribution in [0.25, 0.3) is 0 Å². The Balaban J connectivity index is 2.74. The maximum atomic E-state index is 5.75. The molecule has 1 heterocycles. The highest BCUT2D eigenvalue weighted by Crippen LogP contribution is 2.22. The van der Waals surface area contributed by atoms with Crippen molar-refractivity contribution < 1.29 is 4.74 Å². The lowest BCUT2D eigenvalue weighted by Crippen LogP contribution is -2.52. The molecule has 1 atom stereocenters. The van der Waals surface area contributed by atoms with Crippen molar-refractivity contribution in [2.45, 2.75) is 32.4 Å². The molecule has 0 radical (unpaired) electrons. The quantitative estimate of drug-likeness (QED) is 0.693. The van der Waals surface area contributed by atoms with Crippen LogP contribution in [0, 0.1) is 0 Å². The number of hydrogen-bond donors (Lipinski definition) is 1. The van der Waals surface area contributed by atoms with E-state index in [2.05, 4.69) is 30.7 Å². The third-order valence-corrected chi connectivity index (χ3v) is 2.77. The third-order valence-electron chi connectivity index (χ3n) is 2.77. The van der Waals surface area contributed by atoms with Crippen molar-refractivity contribution in [2.75, 3.05) is 20.2 Å². The maximum Gasteiger partial charge on any atom is 0.191 e. The lowest BCUT2D eigenvalue weighted by Gasteiger charge is -2.36. The number of nitrogens with two attached hydrogens (primary N) is 1. The van der Waals surface area contributed by atoms with Crippen LogP contribution in [0.5, 0.6) is 0 Å². The number of likely N-dealkylation sites (N-methyl/N-ethyl adjacent to an activating group) is 1. The summed E-state index contributed by atoms with van der Waals surface area (Å²) in [6.07, 6.45) is 0. The summed E-state index contributed by atoms with van der Waals surface area (Å²) in [5.41, 5.74) is 5.56. The fraction of sp³-hybridized carbons (Fsp3) is 0.889. The molecule has 0 fully saturated rings. The van der Waals surface area contributed by atoms with Gasteiger partial charge in [0.1, 0.15) is 0 Å². The molecule has 0 saturated heterocycles. The maximum absolute atomic E-state index is 5.75. The van der Waals surface area contributed by atoms with Gasteiger partial charge in [-0.05, 0) is 20.8 Å². The molecular weight excluding hydrogens is 166 g/mol. The van der Waals surface area contributed by atoms with E-state index in [9.17, 15) is 0 Å². The second-order valence-electron chi connectivity index (χ2n) is 3.81. The zero-order chi connectivity index (χ0) is 10.1. The zero-order valence-electron chi connectivity index (χ0n) is 8.87. The topological polar surface area (TPSA) is 50.8 Å². The van der Waals surface area contributed by atoms with Crippen molar-refractivity contribution in [1.82, 2.24) is 4.90 Å². The van der Waals surface area contributed by atoms with Crippen molar-refractivity contribution in [3.8, 4) is 0 Å². The van der Waals surface area contributed by atoms with E-state index >= 15 is 0 Å². The van der Waals surface area contributed by atoms with Gasteiger partial charge in [-0.2, -0.15) is 0 Å². The number of hydrogen-bond acceptors (Lipinski definition) is 4. The Labute approximate surface area is 79.8 Å². The molecule has 1 aliphatic rings. The van der Waals surface area contributed by atoms with Gasteiger partial charge >= 0.3 is 0 Å². The van der Waals surface area contributed by atoms with Gasteiger partial charge in [-0.1, -0.05) is 0 Å². The van der Waals surface area contributed by atoms with Gasteiger partial charge in [-0.15, -0.1) is 0 Å². The Bertz CT molecular complexity index is 213. The first kappa shape index (κ1) is 10.3. The molecule has 1 aliphatic heterocycles. The highest BCUT2D eigenvalue weighted by atomic mass is 16.5. The SMILES string of the molecule is CCN1C(N)=NCC1C(C)(C)OC. The van der Waals surface area contributed by atoms with Crippen LogP contribution >= 0.6 is 0 Å². The molecular formula is C9H19N3O. The molecule has 0 bridgehead atoms. The second kappa shape index (κ2) is 3.54. The molecule has 4 heteroatoms. The number of rotatable bonds is 3. The molecule has 0 aromatic rings. The molecule has 4 nitrogen and oxygen atoms in total. The van der Waals surface area contributed by atoms with E-state index in [-0.39, 0.29) is 11.6 Å². The first-order valence-electron chi connectivity index (χ1n) is 4.64. The van der Waals surface area contributed by atoms with Gasteiger partial charge in [0.2, 0.25) is 0 Å². The number of nitrogens with zero attached hydrogens (tertiary/aromatic N) is 2. The number of ether oxygens (including phenoxy) is 1. The minimum absolute atomic E-state index is 0.194. The van der Waals surface area contributed by atoms with E-state index < -0.39 is 0 Å². The van der Waals surface area contributed by atoms with E-state index in [4.69, 9.17) is 10.5 Å². The van der Waals surface area contributed by atoms with E-state index in [1.165, 1.54) is 0 Å². The third kappa shape index (κ3) is 1.77. The summed E-state index contributed by atoms with van der Waals surface area (Å²) in [7, 11) is 1.72. The molecule has 0 amide bonds. The minimum atomic E-state index is -0.194. The van der Waals surface area contributed by atoms with Crippen molar-refractivity contribution in [2.24, 2.45) is 10.7 Å². The van der Waals surface area contributed by atoms with E-state index in [0.29, 0.717) is 5.96 Å². The summed E-state index contributed by atoms with van der Waals surface area (Å²) in [6.45, 7) is 7.82. The van der Waals surface area contributed by atoms with Gasteiger partial charge in [0.25, 0.3) is 0 Å². The summed E-state index contributed by atoms with van der Waals surface area (Å²) in [4.78, 5) is 6.31. The highest BCUT2D eigenvalue weighted by Gasteiger charge is 2.37. The van der Waals surface area contributed by atoms with Crippen LogP contribution in [0.3, 0.4) is 0 Å². The second-order valence-corrected chi connectivity index (χ2v) is 3.81. The molecule has 76 valence electrons. The predicted octanol–water partition coefficient (Wildman–Crippen LogP) is 0.430. The van der Waals surface area contributed by atoms with Crippen molar-refractivity contribution >= 4 is 5.96 Å². The first-order valence-corrected chi connectivity index (χ1v) is 4.64. The predicted molar refractivity (Wildman–Crippen MR) is 53.7 cm³/mol. The fourth-order valence-corrected chi connectivity index (χ4v) is 1.64. The Hall–Kier alpha value is -0.770. The van der Waals surface area contributed by atoms with Crippen LogP contribution in [-0.2, 0) is 4.74 Å². The van der Waals surface area contributed by atoms with Crippen LogP contribution < -0.4 is 5.73 Å². The Morgan fingerprint density at radius 1 is 1.69 bits per heavy atom. The van der Waals surface area contributed by atoms with Crippen LogP contribution in [0.1, 0.15) is 20.8 Å². The highest BCUT2D eigenvalue weighted by molar-refractivity contribution is 5.80. The monoisotopic (exact) mass is 185 g/mol. The summed E-state index contributed by atoms with van der Waals surface area (Å²) >= 11 is 0. The largest absolute Gasteiger partial charge is 0.377 e. The number of aliphatic imine (C=N–C) groups is 1. The Morgan fingerprint density at radius 3 is 2.77 bits per heavy atom. The van der Waals surface area contributed by atoms with Gasteiger partial charge < -0.3 is 15.4 Å². The average Bonchev–Trinajstić information content (AvgIpc) is 2.47. The van der Waals surface area contributed by atoms with E-state index in [1.807, 2.05) is 0 Å². The number of methoxy groups -OCH3 is 1. The van der Waals surface area contributed by atoms with Crippen LogP contribution in [0.2, 0.25) is 0 Å². The number of guanidine groups is 1. The fourth-order valence-electron chi connectivity index (χ4n) is 1.64. The van der Waals surface area contributed by atoms with E-state index in [1.54, 1.807) is 7.11 Å². The van der Waals surface area contributed by atoms with E-state index in [0.717, 1.165) is 13.1 Å². The standard InChI is InChI=1S/C9H19N3O/c1-5-12-7(6-11-8(12)10)9(2,3)13-4/h7H,5-6H2,1-4H3,(H2,10,11). The molecule has 1 rings (SSSR count). The smallest absolute Gasteiger partial charge is 0.191 e. The van der Waals surface area contributed by atoms with Gasteiger partial charge in [-0.3, -0.25) is 4.99 Å². The molecule has 0 aliphatic carbocycles. The van der Waals surface area contributed by atoms with Gasteiger partial charge in [0, 0.05) is 13.7 Å². The molecule has 0 saturated carbocycles. The minimum Gasteiger partial charge on any atom is -0.377 e. The normalized spacial score (nSPS) is 23.5. The summed E-state index contributed by atoms with van der Waals surface area (Å²) in [6, 6.07) is 0.266. The molecule has 0 aromatic heterocycles. The molecule has 2 N–H and O–H groups in total. The van der Waals surface area contributed by atoms with Crippen LogP contribution in [0.15, 0.2) is 4.99 Å². The van der Waals surface area contributed by atoms with Crippen LogP contribution in [0.4, 0.5) is 0 Å². The summed E-state index contributed by atoms with van der Waals surface area (Å²) in [5, 5.41) is 0. The molecule has 13 heavy (non-hydrogen) atoms. The molecule has 0 spiro atoms. The van der Waals surface area contributed by atoms with Crippen molar-refractivity contribution in [1.29, 1.82) is 0 Å². The Morgan fingerprint density at radius 2 is 2.31 bits per heavy atom. The van der Waals surface area contributed by atoms with Gasteiger partial charge in [0.15, 0.2) is 5.96 Å². The summed E-state index contributed by atoms with van der Waals surface area (Å²) < 4.78 is 5.43. The molecule has 1 unspecified atom stereocenters. The zero-order valence-corrected chi connectivity index (χ0v) is 8.87. The lowest BCUT2D eigenvalue weighted by molar-refractivity contribution is -0.0269. The summed E-state index contributed by atoms with van der Waals surface area (Å²) in [5.74, 6) is 0.637. The first-order chi connectivity index (χ1) is 6.03. The molecule has 0 aromatic carbocycles. The van der Waals surface area contributed by atoms with Crippen molar-refractivity contribution in [3.63, 3.8) is 0 Å².